The van der Waals surface area contributed by atoms with Crippen molar-refractivity contribution in [3.05, 3.63) is 109 Å². The van der Waals surface area contributed by atoms with Gasteiger partial charge in [0, 0.05) is 6.61 Å². The summed E-state index contributed by atoms with van der Waals surface area (Å²) < 4.78 is 20.0. The average Bonchev–Trinajstić information content (AvgIpc) is 3.14. The molecule has 1 aliphatic rings. The second-order valence-corrected chi connectivity index (χ2v) is 16.9. The van der Waals surface area contributed by atoms with Crippen molar-refractivity contribution in [3.8, 4) is 0 Å². The first kappa shape index (κ1) is 30.3. The highest BCUT2D eigenvalue weighted by molar-refractivity contribution is 6.99. The lowest BCUT2D eigenvalue weighted by atomic mass is 9.88. The zero-order valence-electron chi connectivity index (χ0n) is 25.1. The van der Waals surface area contributed by atoms with Crippen LogP contribution in [-0.2, 0) is 20.5 Å². The Morgan fingerprint density at radius 3 is 2.05 bits per heavy atom. The highest BCUT2D eigenvalue weighted by Gasteiger charge is 2.50. The molecule has 214 valence electrons. The molecule has 0 spiro atoms. The maximum atomic E-state index is 7.20. The molecule has 0 saturated heterocycles. The van der Waals surface area contributed by atoms with Crippen LogP contribution in [0.15, 0.2) is 103 Å². The summed E-state index contributed by atoms with van der Waals surface area (Å²) in [5, 5.41) is 2.67. The molecule has 0 amide bonds. The SMILES string of the molecule is CC(CCC[C@]1(C)OC=CCC[C@H]1OCc1ccccc1)CO[Si](c1ccccc1)(c1ccccc1)C(C)(C)C. The van der Waals surface area contributed by atoms with Gasteiger partial charge in [0.25, 0.3) is 8.32 Å². The van der Waals surface area contributed by atoms with Gasteiger partial charge >= 0.3 is 0 Å². The smallest absolute Gasteiger partial charge is 0.261 e. The summed E-state index contributed by atoms with van der Waals surface area (Å²) in [7, 11) is -2.51. The number of hydrogen-bond donors (Lipinski definition) is 0. The van der Waals surface area contributed by atoms with E-state index < -0.39 is 8.32 Å². The third-order valence-corrected chi connectivity index (χ3v) is 13.4. The summed E-state index contributed by atoms with van der Waals surface area (Å²) in [6, 6.07) is 32.3. The highest BCUT2D eigenvalue weighted by atomic mass is 28.4. The third kappa shape index (κ3) is 7.34. The fourth-order valence-corrected chi connectivity index (χ4v) is 10.8. The Bertz CT molecular complexity index is 1130. The van der Waals surface area contributed by atoms with Gasteiger partial charge in [-0.2, -0.15) is 0 Å². The topological polar surface area (TPSA) is 27.7 Å². The Morgan fingerprint density at radius 2 is 1.48 bits per heavy atom. The Hall–Kier alpha value is -2.66. The van der Waals surface area contributed by atoms with Crippen LogP contribution in [0.3, 0.4) is 0 Å². The minimum absolute atomic E-state index is 0.00720. The van der Waals surface area contributed by atoms with Crippen LogP contribution in [0.1, 0.15) is 72.3 Å². The van der Waals surface area contributed by atoms with E-state index in [1.807, 2.05) is 12.3 Å². The molecule has 4 heteroatoms. The molecular weight excluding hydrogens is 508 g/mol. The van der Waals surface area contributed by atoms with Crippen molar-refractivity contribution in [2.45, 2.75) is 90.1 Å². The summed E-state index contributed by atoms with van der Waals surface area (Å²) >= 11 is 0. The molecule has 0 radical (unpaired) electrons. The van der Waals surface area contributed by atoms with Crippen molar-refractivity contribution in [2.75, 3.05) is 6.61 Å². The van der Waals surface area contributed by atoms with Crippen LogP contribution in [0.5, 0.6) is 0 Å². The monoisotopic (exact) mass is 556 g/mol. The summed E-state index contributed by atoms with van der Waals surface area (Å²) in [5.41, 5.74) is 0.872. The molecule has 3 atom stereocenters. The lowest BCUT2D eigenvalue weighted by Crippen LogP contribution is -2.66. The van der Waals surface area contributed by atoms with Gasteiger partial charge in [0.2, 0.25) is 0 Å². The molecule has 4 rings (SSSR count). The first-order chi connectivity index (χ1) is 19.2. The van der Waals surface area contributed by atoms with Crippen LogP contribution in [0.25, 0.3) is 0 Å². The summed E-state index contributed by atoms with van der Waals surface area (Å²) in [5.74, 6) is 0.440. The van der Waals surface area contributed by atoms with Gasteiger partial charge in [-0.3, -0.25) is 0 Å². The number of hydrogen-bond acceptors (Lipinski definition) is 3. The Balaban J connectivity index is 1.41. The summed E-state index contributed by atoms with van der Waals surface area (Å²) in [4.78, 5) is 0. The first-order valence-electron chi connectivity index (χ1n) is 15.0. The molecular formula is C36H48O3Si. The molecule has 0 saturated carbocycles. The van der Waals surface area contributed by atoms with E-state index in [4.69, 9.17) is 13.9 Å². The van der Waals surface area contributed by atoms with E-state index in [2.05, 4.69) is 126 Å². The molecule has 3 aromatic rings. The van der Waals surface area contributed by atoms with Gasteiger partial charge in [-0.25, -0.2) is 0 Å². The van der Waals surface area contributed by atoms with E-state index in [0.29, 0.717) is 12.5 Å². The van der Waals surface area contributed by atoms with Crippen molar-refractivity contribution >= 4 is 18.7 Å². The first-order valence-corrected chi connectivity index (χ1v) is 16.9. The highest BCUT2D eigenvalue weighted by Crippen LogP contribution is 2.37. The van der Waals surface area contributed by atoms with Crippen molar-refractivity contribution in [1.82, 2.24) is 0 Å². The summed E-state index contributed by atoms with van der Waals surface area (Å²) in [6.07, 6.45) is 9.16. The molecule has 0 bridgehead atoms. The Labute approximate surface area is 243 Å². The third-order valence-electron chi connectivity index (χ3n) is 8.38. The van der Waals surface area contributed by atoms with Crippen molar-refractivity contribution in [2.24, 2.45) is 5.92 Å². The molecule has 1 unspecified atom stereocenters. The Morgan fingerprint density at radius 1 is 0.900 bits per heavy atom. The van der Waals surface area contributed by atoms with Crippen LogP contribution in [0, 0.1) is 5.92 Å². The van der Waals surface area contributed by atoms with Crippen molar-refractivity contribution in [3.63, 3.8) is 0 Å². The van der Waals surface area contributed by atoms with Crippen LogP contribution in [0.4, 0.5) is 0 Å². The molecule has 1 heterocycles. The van der Waals surface area contributed by atoms with Gasteiger partial charge < -0.3 is 13.9 Å². The Kier molecular flexibility index (Phi) is 10.5. The van der Waals surface area contributed by atoms with Crippen LogP contribution in [-0.4, -0.2) is 26.6 Å². The summed E-state index contributed by atoms with van der Waals surface area (Å²) in [6.45, 7) is 13.0. The van der Waals surface area contributed by atoms with E-state index in [1.165, 1.54) is 15.9 Å². The van der Waals surface area contributed by atoms with Gasteiger partial charge in [0.15, 0.2) is 0 Å². The van der Waals surface area contributed by atoms with Crippen LogP contribution < -0.4 is 10.4 Å². The number of benzene rings is 3. The zero-order valence-corrected chi connectivity index (χ0v) is 26.1. The maximum absolute atomic E-state index is 7.20. The number of allylic oxidation sites excluding steroid dienone is 1. The van der Waals surface area contributed by atoms with Gasteiger partial charge in [0.1, 0.15) is 5.60 Å². The van der Waals surface area contributed by atoms with E-state index >= 15 is 0 Å². The molecule has 0 N–H and O–H groups in total. The molecule has 0 aliphatic carbocycles. The number of ether oxygens (including phenoxy) is 2. The fourth-order valence-electron chi connectivity index (χ4n) is 6.06. The van der Waals surface area contributed by atoms with Crippen LogP contribution in [0.2, 0.25) is 5.04 Å². The van der Waals surface area contributed by atoms with Gasteiger partial charge in [0.05, 0.1) is 19.0 Å². The van der Waals surface area contributed by atoms with E-state index in [0.717, 1.165) is 38.7 Å². The lowest BCUT2D eigenvalue weighted by molar-refractivity contribution is -0.114. The molecule has 0 aromatic heterocycles. The fraction of sp³-hybridized carbons (Fsp3) is 0.444. The second kappa shape index (κ2) is 13.8. The minimum atomic E-state index is -2.51. The van der Waals surface area contributed by atoms with Gasteiger partial charge in [-0.05, 0) is 72.0 Å². The predicted octanol–water partition coefficient (Wildman–Crippen LogP) is 8.04. The zero-order chi connectivity index (χ0) is 28.5. The second-order valence-electron chi connectivity index (χ2n) is 12.6. The lowest BCUT2D eigenvalue weighted by Gasteiger charge is -2.43. The van der Waals surface area contributed by atoms with Crippen LogP contribution >= 0.6 is 0 Å². The normalized spacial score (nSPS) is 20.5. The molecule has 3 nitrogen and oxygen atoms in total. The average molecular weight is 557 g/mol. The predicted molar refractivity (Wildman–Crippen MR) is 169 cm³/mol. The van der Waals surface area contributed by atoms with Gasteiger partial charge in [-0.15, -0.1) is 0 Å². The van der Waals surface area contributed by atoms with Crippen molar-refractivity contribution in [1.29, 1.82) is 0 Å². The molecule has 1 aliphatic heterocycles. The quantitative estimate of drug-likeness (QED) is 0.211. The molecule has 40 heavy (non-hydrogen) atoms. The van der Waals surface area contributed by atoms with Crippen molar-refractivity contribution < 1.29 is 13.9 Å². The van der Waals surface area contributed by atoms with E-state index in [9.17, 15) is 0 Å². The molecule has 3 aromatic carbocycles. The standard InChI is InChI=1S/C36H48O3Si/c1-30(18-17-26-36(5)34(25-15-16-27-38-36)37-29-31-19-9-6-10-20-31)28-39-40(35(2,3)4,32-21-11-7-12-22-32)33-23-13-8-14-24-33/h6-14,16,19-24,27,30,34H,15,17-18,25-26,28-29H2,1-5H3/t30?,34-,36+/m1/s1. The van der Waals surface area contributed by atoms with E-state index in [1.54, 1.807) is 0 Å². The minimum Gasteiger partial charge on any atom is -0.493 e. The van der Waals surface area contributed by atoms with E-state index in [-0.39, 0.29) is 16.7 Å². The molecule has 0 fully saturated rings. The largest absolute Gasteiger partial charge is 0.493 e. The van der Waals surface area contributed by atoms with Gasteiger partial charge in [-0.1, -0.05) is 119 Å². The number of rotatable bonds is 12. The maximum Gasteiger partial charge on any atom is 0.261 e.